The van der Waals surface area contributed by atoms with Crippen molar-refractivity contribution in [2.24, 2.45) is 0 Å². The van der Waals surface area contributed by atoms with E-state index in [9.17, 15) is 8.42 Å². The molecular formula is C6H10N2O3S2. The average molecular weight is 222 g/mol. The van der Waals surface area contributed by atoms with Gasteiger partial charge in [0.1, 0.15) is 0 Å². The van der Waals surface area contributed by atoms with Gasteiger partial charge in [-0.25, -0.2) is 13.4 Å². The Kier molecular flexibility index (Phi) is 2.89. The molecule has 0 spiro atoms. The van der Waals surface area contributed by atoms with Crippen LogP contribution in [0.4, 0.5) is 5.13 Å². The fourth-order valence-electron chi connectivity index (χ4n) is 0.684. The van der Waals surface area contributed by atoms with Crippen molar-refractivity contribution in [1.82, 2.24) is 4.98 Å². The van der Waals surface area contributed by atoms with Gasteiger partial charge in [0.2, 0.25) is 10.0 Å². The fourth-order valence-corrected chi connectivity index (χ4v) is 2.33. The minimum atomic E-state index is -3.27. The molecule has 1 rings (SSSR count). The van der Waals surface area contributed by atoms with Gasteiger partial charge in [-0.05, 0) is 6.92 Å². The molecule has 0 aromatic carbocycles. The van der Waals surface area contributed by atoms with Crippen molar-refractivity contribution >= 4 is 26.5 Å². The largest absolute Gasteiger partial charge is 0.387 e. The SMILES string of the molecule is CC(O)c1csc(NS(C)(=O)=O)n1. The van der Waals surface area contributed by atoms with Crippen molar-refractivity contribution in [3.05, 3.63) is 11.1 Å². The second-order valence-electron chi connectivity index (χ2n) is 2.63. The van der Waals surface area contributed by atoms with E-state index in [4.69, 9.17) is 5.11 Å². The molecule has 1 aromatic rings. The van der Waals surface area contributed by atoms with Gasteiger partial charge in [0.25, 0.3) is 0 Å². The van der Waals surface area contributed by atoms with Crippen LogP contribution in [0, 0.1) is 0 Å². The molecule has 0 aliphatic carbocycles. The third kappa shape index (κ3) is 3.29. The second-order valence-corrected chi connectivity index (χ2v) is 5.23. The smallest absolute Gasteiger partial charge is 0.231 e. The predicted molar refractivity (Wildman–Crippen MR) is 51.2 cm³/mol. The first-order valence-corrected chi connectivity index (χ1v) is 6.27. The quantitative estimate of drug-likeness (QED) is 0.783. The summed E-state index contributed by atoms with van der Waals surface area (Å²) in [7, 11) is -3.27. The molecule has 5 nitrogen and oxygen atoms in total. The minimum Gasteiger partial charge on any atom is -0.387 e. The van der Waals surface area contributed by atoms with Gasteiger partial charge in [0, 0.05) is 5.38 Å². The van der Waals surface area contributed by atoms with E-state index in [0.29, 0.717) is 5.69 Å². The lowest BCUT2D eigenvalue weighted by atomic mass is 10.3. The Labute approximate surface area is 80.5 Å². The number of rotatable bonds is 3. The molecule has 7 heteroatoms. The van der Waals surface area contributed by atoms with Gasteiger partial charge < -0.3 is 5.11 Å². The number of aliphatic hydroxyl groups excluding tert-OH is 1. The Morgan fingerprint density at radius 1 is 1.69 bits per heavy atom. The number of anilines is 1. The van der Waals surface area contributed by atoms with E-state index in [1.807, 2.05) is 0 Å². The van der Waals surface area contributed by atoms with Crippen molar-refractivity contribution in [3.63, 3.8) is 0 Å². The highest BCUT2D eigenvalue weighted by molar-refractivity contribution is 7.92. The maximum atomic E-state index is 10.8. The molecule has 1 aromatic heterocycles. The zero-order valence-electron chi connectivity index (χ0n) is 7.18. The van der Waals surface area contributed by atoms with Gasteiger partial charge in [-0.3, -0.25) is 4.72 Å². The fraction of sp³-hybridized carbons (Fsp3) is 0.500. The molecule has 74 valence electrons. The Morgan fingerprint density at radius 2 is 2.31 bits per heavy atom. The van der Waals surface area contributed by atoms with Gasteiger partial charge in [-0.1, -0.05) is 0 Å². The van der Waals surface area contributed by atoms with Gasteiger partial charge in [-0.2, -0.15) is 0 Å². The first-order chi connectivity index (χ1) is 5.88. The van der Waals surface area contributed by atoms with Gasteiger partial charge in [0.05, 0.1) is 18.1 Å². The molecule has 1 heterocycles. The van der Waals surface area contributed by atoms with Crippen LogP contribution in [0.15, 0.2) is 5.38 Å². The van der Waals surface area contributed by atoms with Crippen molar-refractivity contribution in [3.8, 4) is 0 Å². The Morgan fingerprint density at radius 3 is 2.69 bits per heavy atom. The summed E-state index contributed by atoms with van der Waals surface area (Å²) < 4.78 is 23.8. The molecule has 0 radical (unpaired) electrons. The van der Waals surface area contributed by atoms with Crippen LogP contribution in [0.25, 0.3) is 0 Å². The van der Waals surface area contributed by atoms with E-state index >= 15 is 0 Å². The van der Waals surface area contributed by atoms with Gasteiger partial charge in [-0.15, -0.1) is 11.3 Å². The van der Waals surface area contributed by atoms with E-state index in [-0.39, 0.29) is 5.13 Å². The molecule has 0 bridgehead atoms. The van der Waals surface area contributed by atoms with E-state index in [1.165, 1.54) is 0 Å². The predicted octanol–water partition coefficient (Wildman–Crippen LogP) is 0.568. The molecule has 1 atom stereocenters. The van der Waals surface area contributed by atoms with E-state index in [2.05, 4.69) is 9.71 Å². The molecular weight excluding hydrogens is 212 g/mol. The van der Waals surface area contributed by atoms with Gasteiger partial charge in [0.15, 0.2) is 5.13 Å². The van der Waals surface area contributed by atoms with Crippen LogP contribution in [0.1, 0.15) is 18.7 Å². The van der Waals surface area contributed by atoms with Gasteiger partial charge >= 0.3 is 0 Å². The Bertz CT molecular complexity index is 382. The molecule has 0 amide bonds. The topological polar surface area (TPSA) is 79.3 Å². The summed E-state index contributed by atoms with van der Waals surface area (Å²) in [6, 6.07) is 0. The lowest BCUT2D eigenvalue weighted by Gasteiger charge is -1.98. The number of hydrogen-bond acceptors (Lipinski definition) is 5. The van der Waals surface area contributed by atoms with Crippen molar-refractivity contribution in [2.45, 2.75) is 13.0 Å². The Balaban J connectivity index is 2.81. The van der Waals surface area contributed by atoms with Crippen LogP contribution in [-0.4, -0.2) is 24.8 Å². The maximum Gasteiger partial charge on any atom is 0.231 e. The molecule has 1 unspecified atom stereocenters. The lowest BCUT2D eigenvalue weighted by molar-refractivity contribution is 0.195. The summed E-state index contributed by atoms with van der Waals surface area (Å²) in [4.78, 5) is 3.87. The average Bonchev–Trinajstić information content (AvgIpc) is 2.31. The van der Waals surface area contributed by atoms with E-state index < -0.39 is 16.1 Å². The molecule has 0 saturated carbocycles. The normalized spacial score (nSPS) is 14.1. The maximum absolute atomic E-state index is 10.8. The summed E-state index contributed by atoms with van der Waals surface area (Å²) in [6.45, 7) is 1.57. The number of thiazole rings is 1. The number of hydrogen-bond donors (Lipinski definition) is 2. The lowest BCUT2D eigenvalue weighted by Crippen LogP contribution is -2.09. The number of nitrogens with one attached hydrogen (secondary N) is 1. The highest BCUT2D eigenvalue weighted by Gasteiger charge is 2.09. The summed E-state index contributed by atoms with van der Waals surface area (Å²) >= 11 is 1.14. The minimum absolute atomic E-state index is 0.276. The Hall–Kier alpha value is -0.660. The van der Waals surface area contributed by atoms with Crippen LogP contribution in [0.2, 0.25) is 0 Å². The molecule has 2 N–H and O–H groups in total. The summed E-state index contributed by atoms with van der Waals surface area (Å²) in [5.74, 6) is 0. The second kappa shape index (κ2) is 3.60. The number of aromatic nitrogens is 1. The molecule has 0 saturated heterocycles. The summed E-state index contributed by atoms with van der Waals surface area (Å²) in [5, 5.41) is 11.0. The summed E-state index contributed by atoms with van der Waals surface area (Å²) in [5.41, 5.74) is 0.469. The molecule has 0 aliphatic rings. The zero-order chi connectivity index (χ0) is 10.1. The van der Waals surface area contributed by atoms with Crippen LogP contribution in [0.5, 0.6) is 0 Å². The monoisotopic (exact) mass is 222 g/mol. The first-order valence-electron chi connectivity index (χ1n) is 3.50. The highest BCUT2D eigenvalue weighted by atomic mass is 32.2. The third-order valence-corrected chi connectivity index (χ3v) is 2.69. The molecule has 13 heavy (non-hydrogen) atoms. The van der Waals surface area contributed by atoms with Crippen LogP contribution < -0.4 is 4.72 Å². The number of nitrogens with zero attached hydrogens (tertiary/aromatic N) is 1. The van der Waals surface area contributed by atoms with Crippen molar-refractivity contribution in [2.75, 3.05) is 11.0 Å². The first kappa shape index (κ1) is 10.4. The van der Waals surface area contributed by atoms with E-state index in [1.54, 1.807) is 12.3 Å². The van der Waals surface area contributed by atoms with Crippen LogP contribution in [0.3, 0.4) is 0 Å². The summed E-state index contributed by atoms with van der Waals surface area (Å²) in [6.07, 6.45) is 0.377. The standard InChI is InChI=1S/C6H10N2O3S2/c1-4(9)5-3-12-6(7-5)8-13(2,10)11/h3-4,9H,1-2H3,(H,7,8). The molecule has 0 aliphatic heterocycles. The van der Waals surface area contributed by atoms with Crippen LogP contribution in [-0.2, 0) is 10.0 Å². The van der Waals surface area contributed by atoms with Crippen molar-refractivity contribution < 1.29 is 13.5 Å². The zero-order valence-corrected chi connectivity index (χ0v) is 8.82. The van der Waals surface area contributed by atoms with Crippen molar-refractivity contribution in [1.29, 1.82) is 0 Å². The third-order valence-electron chi connectivity index (χ3n) is 1.22. The molecule has 0 fully saturated rings. The van der Waals surface area contributed by atoms with Crippen LogP contribution >= 0.6 is 11.3 Å². The number of aliphatic hydroxyl groups is 1. The van der Waals surface area contributed by atoms with E-state index in [0.717, 1.165) is 17.6 Å². The number of sulfonamides is 1. The highest BCUT2D eigenvalue weighted by Crippen LogP contribution is 2.20.